The summed E-state index contributed by atoms with van der Waals surface area (Å²) in [7, 11) is 0. The zero-order valence-corrected chi connectivity index (χ0v) is 13.1. The summed E-state index contributed by atoms with van der Waals surface area (Å²) >= 11 is 0. The SMILES string of the molecule is CC1CCCN(CCC(=O)Nc2ccc(N)c(C(F)(F)F)c2)C1. The zero-order chi connectivity index (χ0) is 17.0. The van der Waals surface area contributed by atoms with Crippen LogP contribution in [0.3, 0.4) is 0 Å². The van der Waals surface area contributed by atoms with Crippen LogP contribution in [0, 0.1) is 5.92 Å². The van der Waals surface area contributed by atoms with Crippen molar-refractivity contribution in [2.45, 2.75) is 32.4 Å². The predicted octanol–water partition coefficient (Wildman–Crippen LogP) is 3.35. The van der Waals surface area contributed by atoms with Crippen LogP contribution in [0.5, 0.6) is 0 Å². The number of nitrogens with two attached hydrogens (primary N) is 1. The number of rotatable bonds is 4. The van der Waals surface area contributed by atoms with Gasteiger partial charge in [0, 0.05) is 30.9 Å². The number of alkyl halides is 3. The van der Waals surface area contributed by atoms with Gasteiger partial charge in [0.25, 0.3) is 0 Å². The van der Waals surface area contributed by atoms with E-state index in [2.05, 4.69) is 17.1 Å². The minimum Gasteiger partial charge on any atom is -0.398 e. The van der Waals surface area contributed by atoms with E-state index in [0.717, 1.165) is 31.6 Å². The lowest BCUT2D eigenvalue weighted by molar-refractivity contribution is -0.136. The average molecular weight is 329 g/mol. The van der Waals surface area contributed by atoms with Crippen LogP contribution in [-0.4, -0.2) is 30.4 Å². The number of likely N-dealkylation sites (tertiary alicyclic amines) is 1. The van der Waals surface area contributed by atoms with Crippen molar-refractivity contribution in [3.8, 4) is 0 Å². The smallest absolute Gasteiger partial charge is 0.398 e. The van der Waals surface area contributed by atoms with Gasteiger partial charge in [0.2, 0.25) is 5.91 Å². The van der Waals surface area contributed by atoms with Crippen LogP contribution >= 0.6 is 0 Å². The molecule has 1 atom stereocenters. The fourth-order valence-electron chi connectivity index (χ4n) is 2.85. The largest absolute Gasteiger partial charge is 0.418 e. The number of nitrogens with zero attached hydrogens (tertiary/aromatic N) is 1. The molecular formula is C16H22F3N3O. The predicted molar refractivity (Wildman–Crippen MR) is 83.9 cm³/mol. The molecule has 1 heterocycles. The number of amides is 1. The molecule has 3 N–H and O–H groups in total. The number of benzene rings is 1. The van der Waals surface area contributed by atoms with Crippen LogP contribution in [0.4, 0.5) is 24.5 Å². The average Bonchev–Trinajstić information content (AvgIpc) is 2.46. The van der Waals surface area contributed by atoms with Crippen LogP contribution < -0.4 is 11.1 Å². The monoisotopic (exact) mass is 329 g/mol. The molecule has 128 valence electrons. The number of carbonyl (C=O) groups excluding carboxylic acids is 1. The lowest BCUT2D eigenvalue weighted by Crippen LogP contribution is -2.36. The van der Waals surface area contributed by atoms with E-state index >= 15 is 0 Å². The van der Waals surface area contributed by atoms with Crippen LogP contribution in [0.25, 0.3) is 0 Å². The first-order valence-electron chi connectivity index (χ1n) is 7.74. The lowest BCUT2D eigenvalue weighted by Gasteiger charge is -2.30. The van der Waals surface area contributed by atoms with Crippen molar-refractivity contribution < 1.29 is 18.0 Å². The third-order valence-corrected chi connectivity index (χ3v) is 4.04. The summed E-state index contributed by atoms with van der Waals surface area (Å²) in [4.78, 5) is 14.2. The van der Waals surface area contributed by atoms with Crippen LogP contribution in [-0.2, 0) is 11.0 Å². The summed E-state index contributed by atoms with van der Waals surface area (Å²) in [5.41, 5.74) is 4.17. The number of nitrogen functional groups attached to an aromatic ring is 1. The molecule has 23 heavy (non-hydrogen) atoms. The fourth-order valence-corrected chi connectivity index (χ4v) is 2.85. The van der Waals surface area contributed by atoms with Gasteiger partial charge in [0.05, 0.1) is 5.56 Å². The normalized spacial score (nSPS) is 19.6. The van der Waals surface area contributed by atoms with Gasteiger partial charge in [-0.25, -0.2) is 0 Å². The Morgan fingerprint density at radius 1 is 1.43 bits per heavy atom. The topological polar surface area (TPSA) is 58.4 Å². The van der Waals surface area contributed by atoms with Crippen LogP contribution in [0.1, 0.15) is 31.7 Å². The molecule has 1 fully saturated rings. The molecule has 0 spiro atoms. The van der Waals surface area contributed by atoms with Crippen molar-refractivity contribution in [3.63, 3.8) is 0 Å². The number of carbonyl (C=O) groups is 1. The van der Waals surface area contributed by atoms with Gasteiger partial charge in [0.15, 0.2) is 0 Å². The van der Waals surface area contributed by atoms with E-state index in [1.807, 2.05) is 0 Å². The number of nitrogens with one attached hydrogen (secondary N) is 1. The second kappa shape index (κ2) is 7.21. The van der Waals surface area contributed by atoms with Crippen LogP contribution in [0.15, 0.2) is 18.2 Å². The summed E-state index contributed by atoms with van der Waals surface area (Å²) in [6.07, 6.45) is -1.95. The molecule has 1 aromatic rings. The van der Waals surface area contributed by atoms with Gasteiger partial charge in [-0.15, -0.1) is 0 Å². The number of hydrogen-bond donors (Lipinski definition) is 2. The van der Waals surface area contributed by atoms with Gasteiger partial charge < -0.3 is 16.0 Å². The first-order valence-corrected chi connectivity index (χ1v) is 7.74. The molecule has 0 aromatic heterocycles. The highest BCUT2D eigenvalue weighted by Gasteiger charge is 2.33. The third-order valence-electron chi connectivity index (χ3n) is 4.04. The number of anilines is 2. The third kappa shape index (κ3) is 5.13. The van der Waals surface area contributed by atoms with Gasteiger partial charge in [0.1, 0.15) is 0 Å². The molecule has 0 bridgehead atoms. The van der Waals surface area contributed by atoms with Crippen molar-refractivity contribution in [2.75, 3.05) is 30.7 Å². The van der Waals surface area contributed by atoms with E-state index in [9.17, 15) is 18.0 Å². The van der Waals surface area contributed by atoms with Crippen molar-refractivity contribution in [3.05, 3.63) is 23.8 Å². The van der Waals surface area contributed by atoms with Gasteiger partial charge in [-0.05, 0) is 43.5 Å². The summed E-state index contributed by atoms with van der Waals surface area (Å²) < 4.78 is 38.4. The molecule has 0 saturated carbocycles. The van der Waals surface area contributed by atoms with E-state index < -0.39 is 11.7 Å². The first kappa shape index (κ1) is 17.6. The first-order chi connectivity index (χ1) is 10.8. The number of hydrogen-bond acceptors (Lipinski definition) is 3. The van der Waals surface area contributed by atoms with Crippen molar-refractivity contribution in [2.24, 2.45) is 5.92 Å². The number of halogens is 3. The lowest BCUT2D eigenvalue weighted by atomic mass is 10.0. The van der Waals surface area contributed by atoms with Crippen molar-refractivity contribution in [1.82, 2.24) is 4.90 Å². The fraction of sp³-hybridized carbons (Fsp3) is 0.562. The Hall–Kier alpha value is -1.76. The van der Waals surface area contributed by atoms with Crippen molar-refractivity contribution in [1.29, 1.82) is 0 Å². The van der Waals surface area contributed by atoms with E-state index in [0.29, 0.717) is 12.5 Å². The summed E-state index contributed by atoms with van der Waals surface area (Å²) in [5.74, 6) is 0.333. The second-order valence-corrected chi connectivity index (χ2v) is 6.15. The molecule has 1 amide bonds. The van der Waals surface area contributed by atoms with E-state index in [1.165, 1.54) is 12.5 Å². The van der Waals surface area contributed by atoms with Crippen LogP contribution in [0.2, 0.25) is 0 Å². The highest BCUT2D eigenvalue weighted by molar-refractivity contribution is 5.91. The summed E-state index contributed by atoms with van der Waals surface area (Å²) in [6, 6.07) is 3.41. The molecule has 0 radical (unpaired) electrons. The highest BCUT2D eigenvalue weighted by Crippen LogP contribution is 2.35. The molecule has 7 heteroatoms. The molecule has 2 rings (SSSR count). The van der Waals surface area contributed by atoms with Gasteiger partial charge in [-0.3, -0.25) is 4.79 Å². The van der Waals surface area contributed by atoms with E-state index in [4.69, 9.17) is 5.73 Å². The Labute approximate surface area is 133 Å². The standard InChI is InChI=1S/C16H22F3N3O/c1-11-3-2-7-22(10-11)8-6-15(23)21-12-4-5-14(20)13(9-12)16(17,18)19/h4-5,9,11H,2-3,6-8,10,20H2,1H3,(H,21,23). The van der Waals surface area contributed by atoms with E-state index in [1.54, 1.807) is 0 Å². The molecule has 1 aliphatic rings. The molecule has 4 nitrogen and oxygen atoms in total. The van der Waals surface area contributed by atoms with E-state index in [-0.39, 0.29) is 23.7 Å². The second-order valence-electron chi connectivity index (χ2n) is 6.15. The Bertz CT molecular complexity index is 560. The zero-order valence-electron chi connectivity index (χ0n) is 13.1. The summed E-state index contributed by atoms with van der Waals surface area (Å²) in [5, 5.41) is 2.51. The Morgan fingerprint density at radius 2 is 2.17 bits per heavy atom. The van der Waals surface area contributed by atoms with Gasteiger partial charge in [-0.2, -0.15) is 13.2 Å². The minimum atomic E-state index is -4.53. The Balaban J connectivity index is 1.90. The Morgan fingerprint density at radius 3 is 2.83 bits per heavy atom. The molecule has 1 aromatic carbocycles. The maximum absolute atomic E-state index is 12.8. The molecule has 1 saturated heterocycles. The molecule has 0 aliphatic carbocycles. The van der Waals surface area contributed by atoms with Gasteiger partial charge in [-0.1, -0.05) is 6.92 Å². The molecule has 1 unspecified atom stereocenters. The summed E-state index contributed by atoms with van der Waals surface area (Å²) in [6.45, 7) is 4.74. The number of piperidine rings is 1. The molecular weight excluding hydrogens is 307 g/mol. The maximum Gasteiger partial charge on any atom is 0.418 e. The van der Waals surface area contributed by atoms with Crippen molar-refractivity contribution >= 4 is 17.3 Å². The quantitative estimate of drug-likeness (QED) is 0.833. The Kier molecular flexibility index (Phi) is 5.51. The van der Waals surface area contributed by atoms with Gasteiger partial charge >= 0.3 is 6.18 Å². The molecule has 1 aliphatic heterocycles. The highest BCUT2D eigenvalue weighted by atomic mass is 19.4. The maximum atomic E-state index is 12.8. The minimum absolute atomic E-state index is 0.114.